The molecule has 2 aromatic heterocycles. The van der Waals surface area contributed by atoms with Crippen molar-refractivity contribution in [2.24, 2.45) is 5.92 Å². The molecular weight excluding hydrogens is 473 g/mol. The zero-order valence-corrected chi connectivity index (χ0v) is 21.2. The predicted molar refractivity (Wildman–Crippen MR) is 134 cm³/mol. The van der Waals surface area contributed by atoms with Gasteiger partial charge in [-0.05, 0) is 55.2 Å². The molecule has 34 heavy (non-hydrogen) atoms. The summed E-state index contributed by atoms with van der Waals surface area (Å²) in [5.41, 5.74) is 0.391. The monoisotopic (exact) mass is 503 g/mol. The summed E-state index contributed by atoms with van der Waals surface area (Å²) >= 11 is 12.9. The van der Waals surface area contributed by atoms with E-state index in [0.29, 0.717) is 58.7 Å². The van der Waals surface area contributed by atoms with Crippen molar-refractivity contribution in [1.29, 1.82) is 0 Å². The summed E-state index contributed by atoms with van der Waals surface area (Å²) in [5, 5.41) is 0.652. The summed E-state index contributed by atoms with van der Waals surface area (Å²) in [6.07, 6.45) is 7.09. The van der Waals surface area contributed by atoms with Crippen LogP contribution in [0.1, 0.15) is 79.5 Å². The maximum Gasteiger partial charge on any atom is 0.254 e. The van der Waals surface area contributed by atoms with Gasteiger partial charge in [0.05, 0.1) is 36.0 Å². The molecule has 3 aromatic rings. The Labute approximate surface area is 211 Å². The fourth-order valence-electron chi connectivity index (χ4n) is 4.08. The molecule has 0 radical (unpaired) electrons. The van der Waals surface area contributed by atoms with Gasteiger partial charge in [0.2, 0.25) is 0 Å². The van der Waals surface area contributed by atoms with E-state index in [0.717, 1.165) is 37.2 Å². The first kappa shape index (κ1) is 24.7. The summed E-state index contributed by atoms with van der Waals surface area (Å²) in [7, 11) is 0. The summed E-state index contributed by atoms with van der Waals surface area (Å²) < 4.78 is 17.4. The van der Waals surface area contributed by atoms with Crippen molar-refractivity contribution in [3.63, 3.8) is 0 Å². The van der Waals surface area contributed by atoms with Gasteiger partial charge in [-0.1, -0.05) is 56.3 Å². The average molecular weight is 504 g/mol. The van der Waals surface area contributed by atoms with Crippen molar-refractivity contribution in [2.45, 2.75) is 65.0 Å². The van der Waals surface area contributed by atoms with Gasteiger partial charge in [0.25, 0.3) is 5.91 Å². The first-order chi connectivity index (χ1) is 16.5. The standard InChI is InChI=1S/C27H31Cl2NO4/c1-3-4-5-6-11-33-26-23(28)14-19(15-24(26)29)27(31)30(16-20-8-7-12-32-20)17-21-9-10-25(34-21)22-13-18(22)2/h7-10,12,14-15,18,22H,3-6,11,13,16-17H2,1-2H3. The third-order valence-electron chi connectivity index (χ3n) is 6.21. The molecule has 0 N–H and O–H groups in total. The van der Waals surface area contributed by atoms with Crippen LogP contribution in [0.5, 0.6) is 5.75 Å². The lowest BCUT2D eigenvalue weighted by molar-refractivity contribution is 0.0704. The minimum Gasteiger partial charge on any atom is -0.490 e. The summed E-state index contributed by atoms with van der Waals surface area (Å²) in [6, 6.07) is 10.8. The van der Waals surface area contributed by atoms with Gasteiger partial charge in [-0.25, -0.2) is 0 Å². The van der Waals surface area contributed by atoms with E-state index in [4.69, 9.17) is 36.8 Å². The van der Waals surface area contributed by atoms with E-state index in [2.05, 4.69) is 13.8 Å². The van der Waals surface area contributed by atoms with Crippen LogP contribution in [-0.2, 0) is 13.1 Å². The fraction of sp³-hybridized carbons (Fsp3) is 0.444. The second-order valence-electron chi connectivity index (χ2n) is 9.04. The maximum absolute atomic E-state index is 13.5. The molecule has 0 spiro atoms. The smallest absolute Gasteiger partial charge is 0.254 e. The molecule has 2 heterocycles. The van der Waals surface area contributed by atoms with Crippen LogP contribution in [0.4, 0.5) is 0 Å². The van der Waals surface area contributed by atoms with E-state index >= 15 is 0 Å². The zero-order valence-electron chi connectivity index (χ0n) is 19.7. The lowest BCUT2D eigenvalue weighted by Crippen LogP contribution is -2.30. The Kier molecular flexibility index (Phi) is 8.28. The van der Waals surface area contributed by atoms with E-state index in [-0.39, 0.29) is 5.91 Å². The lowest BCUT2D eigenvalue weighted by atomic mass is 10.1. The van der Waals surface area contributed by atoms with Crippen LogP contribution >= 0.6 is 23.2 Å². The Morgan fingerprint density at radius 3 is 2.47 bits per heavy atom. The van der Waals surface area contributed by atoms with Crippen molar-refractivity contribution in [1.82, 2.24) is 4.90 Å². The Balaban J connectivity index is 1.49. The molecule has 182 valence electrons. The molecule has 5 nitrogen and oxygen atoms in total. The van der Waals surface area contributed by atoms with Gasteiger partial charge in [0, 0.05) is 11.5 Å². The van der Waals surface area contributed by atoms with E-state index in [1.807, 2.05) is 18.2 Å². The van der Waals surface area contributed by atoms with Crippen LogP contribution in [0.25, 0.3) is 0 Å². The van der Waals surface area contributed by atoms with E-state index in [9.17, 15) is 4.79 Å². The normalized spacial score (nSPS) is 17.1. The second kappa shape index (κ2) is 11.4. The molecule has 1 aliphatic rings. The first-order valence-electron chi connectivity index (χ1n) is 12.0. The van der Waals surface area contributed by atoms with Gasteiger partial charge < -0.3 is 18.5 Å². The lowest BCUT2D eigenvalue weighted by Gasteiger charge is -2.21. The Morgan fingerprint density at radius 1 is 1.09 bits per heavy atom. The molecular formula is C27H31Cl2NO4. The van der Waals surface area contributed by atoms with Gasteiger partial charge in [-0.2, -0.15) is 0 Å². The van der Waals surface area contributed by atoms with Crippen molar-refractivity contribution >= 4 is 29.1 Å². The number of unbranched alkanes of at least 4 members (excludes halogenated alkanes) is 3. The van der Waals surface area contributed by atoms with Crippen LogP contribution in [0.3, 0.4) is 0 Å². The number of carbonyl (C=O) groups excluding carboxylic acids is 1. The molecule has 4 rings (SSSR count). The number of ether oxygens (including phenoxy) is 1. The second-order valence-corrected chi connectivity index (χ2v) is 9.86. The number of rotatable bonds is 12. The molecule has 2 atom stereocenters. The zero-order chi connectivity index (χ0) is 24.1. The Morgan fingerprint density at radius 2 is 1.82 bits per heavy atom. The van der Waals surface area contributed by atoms with E-state index in [1.54, 1.807) is 29.4 Å². The highest BCUT2D eigenvalue weighted by Gasteiger charge is 2.36. The number of benzene rings is 1. The van der Waals surface area contributed by atoms with E-state index in [1.165, 1.54) is 6.42 Å². The number of carbonyl (C=O) groups is 1. The highest BCUT2D eigenvalue weighted by molar-refractivity contribution is 6.37. The number of halogens is 2. The quantitative estimate of drug-likeness (QED) is 0.234. The number of furan rings is 2. The third kappa shape index (κ3) is 6.19. The third-order valence-corrected chi connectivity index (χ3v) is 6.77. The number of amides is 1. The molecule has 0 aliphatic heterocycles. The molecule has 7 heteroatoms. The van der Waals surface area contributed by atoms with Crippen LogP contribution in [0, 0.1) is 5.92 Å². The fourth-order valence-corrected chi connectivity index (χ4v) is 4.68. The molecule has 1 aromatic carbocycles. The highest BCUT2D eigenvalue weighted by atomic mass is 35.5. The molecule has 0 saturated heterocycles. The predicted octanol–water partition coefficient (Wildman–Crippen LogP) is 8.10. The molecule has 1 fully saturated rings. The van der Waals surface area contributed by atoms with Gasteiger partial charge in [-0.15, -0.1) is 0 Å². The Hall–Kier alpha value is -2.37. The number of hydrogen-bond donors (Lipinski definition) is 0. The topological polar surface area (TPSA) is 55.8 Å². The van der Waals surface area contributed by atoms with Crippen molar-refractivity contribution in [2.75, 3.05) is 6.61 Å². The Bertz CT molecular complexity index is 1070. The highest BCUT2D eigenvalue weighted by Crippen LogP contribution is 2.47. The SMILES string of the molecule is CCCCCCOc1c(Cl)cc(C(=O)N(Cc2ccco2)Cc2ccc(C3CC3C)o2)cc1Cl. The average Bonchev–Trinajstić information content (AvgIpc) is 3.19. The van der Waals surface area contributed by atoms with Gasteiger partial charge in [0.15, 0.2) is 5.75 Å². The van der Waals surface area contributed by atoms with Crippen LogP contribution in [0.2, 0.25) is 10.0 Å². The molecule has 0 bridgehead atoms. The first-order valence-corrected chi connectivity index (χ1v) is 12.7. The maximum atomic E-state index is 13.5. The van der Waals surface area contributed by atoms with Crippen molar-refractivity contribution in [3.05, 3.63) is 75.6 Å². The van der Waals surface area contributed by atoms with Crippen LogP contribution < -0.4 is 4.74 Å². The van der Waals surface area contributed by atoms with Crippen molar-refractivity contribution in [3.8, 4) is 5.75 Å². The number of nitrogens with zero attached hydrogens (tertiary/aromatic N) is 1. The van der Waals surface area contributed by atoms with Gasteiger partial charge in [0.1, 0.15) is 17.3 Å². The number of hydrogen-bond acceptors (Lipinski definition) is 4. The minimum atomic E-state index is -0.215. The molecule has 1 amide bonds. The van der Waals surface area contributed by atoms with Crippen LogP contribution in [0.15, 0.2) is 51.5 Å². The summed E-state index contributed by atoms with van der Waals surface area (Å²) in [6.45, 7) is 5.53. The summed E-state index contributed by atoms with van der Waals surface area (Å²) in [5.74, 6) is 3.74. The molecule has 1 saturated carbocycles. The van der Waals surface area contributed by atoms with E-state index < -0.39 is 0 Å². The molecule has 1 aliphatic carbocycles. The minimum absolute atomic E-state index is 0.215. The molecule has 2 unspecified atom stereocenters. The van der Waals surface area contributed by atoms with Crippen LogP contribution in [-0.4, -0.2) is 17.4 Å². The van der Waals surface area contributed by atoms with Gasteiger partial charge in [-0.3, -0.25) is 4.79 Å². The van der Waals surface area contributed by atoms with Gasteiger partial charge >= 0.3 is 0 Å². The van der Waals surface area contributed by atoms with Crippen molar-refractivity contribution < 1.29 is 18.4 Å². The largest absolute Gasteiger partial charge is 0.490 e. The summed E-state index contributed by atoms with van der Waals surface area (Å²) in [4.78, 5) is 15.2.